The highest BCUT2D eigenvalue weighted by Crippen LogP contribution is 2.36. The van der Waals surface area contributed by atoms with E-state index in [1.807, 2.05) is 6.92 Å². The second kappa shape index (κ2) is 8.73. The van der Waals surface area contributed by atoms with Crippen LogP contribution in [0.25, 0.3) is 0 Å². The van der Waals surface area contributed by atoms with Crippen LogP contribution in [0, 0.1) is 5.92 Å². The third-order valence-corrected chi connectivity index (χ3v) is 3.46. The first-order chi connectivity index (χ1) is 9.83. The van der Waals surface area contributed by atoms with Crippen molar-refractivity contribution in [3.8, 4) is 0 Å². The molecule has 0 heterocycles. The summed E-state index contributed by atoms with van der Waals surface area (Å²) in [4.78, 5) is 17.1. The number of hydrogen-bond donors (Lipinski definition) is 4. The second-order valence-electron chi connectivity index (χ2n) is 4.79. The number of ether oxygens (including phenoxy) is 2. The standard InChI is InChI=1S/C12H24NO7P/c1-3-18-11-5-4-10(11)13-6-7-19-12(14)9(2)8-20-21(15,16)17/h9,12-14H,3-8H2,1-2H3,(H2,15,16,17)/t9-,12?/m1/s1. The van der Waals surface area contributed by atoms with E-state index in [1.54, 1.807) is 6.92 Å². The van der Waals surface area contributed by atoms with E-state index in [-0.39, 0.29) is 13.2 Å². The van der Waals surface area contributed by atoms with Crippen molar-refractivity contribution in [2.45, 2.75) is 33.0 Å². The summed E-state index contributed by atoms with van der Waals surface area (Å²) in [5.41, 5.74) is 1.06. The fourth-order valence-corrected chi connectivity index (χ4v) is 2.14. The van der Waals surface area contributed by atoms with Crippen LogP contribution in [0.15, 0.2) is 11.5 Å². The molecule has 21 heavy (non-hydrogen) atoms. The van der Waals surface area contributed by atoms with Crippen LogP contribution in [0.4, 0.5) is 0 Å². The predicted molar refractivity (Wildman–Crippen MR) is 75.0 cm³/mol. The fraction of sp³-hybridized carbons (Fsp3) is 0.833. The average molecular weight is 325 g/mol. The highest BCUT2D eigenvalue weighted by Gasteiger charge is 2.21. The summed E-state index contributed by atoms with van der Waals surface area (Å²) in [7, 11) is -4.51. The van der Waals surface area contributed by atoms with Crippen LogP contribution in [0.3, 0.4) is 0 Å². The number of allylic oxidation sites excluding steroid dienone is 2. The number of rotatable bonds is 11. The molecule has 0 aromatic heterocycles. The van der Waals surface area contributed by atoms with Gasteiger partial charge in [0.2, 0.25) is 0 Å². The molecule has 4 N–H and O–H groups in total. The van der Waals surface area contributed by atoms with Crippen molar-refractivity contribution in [2.24, 2.45) is 5.92 Å². The van der Waals surface area contributed by atoms with Gasteiger partial charge in [-0.3, -0.25) is 4.52 Å². The molecule has 124 valence electrons. The van der Waals surface area contributed by atoms with E-state index in [9.17, 15) is 9.67 Å². The van der Waals surface area contributed by atoms with Crippen LogP contribution in [-0.4, -0.2) is 47.5 Å². The molecule has 0 saturated heterocycles. The van der Waals surface area contributed by atoms with Gasteiger partial charge in [0.15, 0.2) is 6.29 Å². The second-order valence-corrected chi connectivity index (χ2v) is 6.03. The summed E-state index contributed by atoms with van der Waals surface area (Å²) < 4.78 is 25.4. The van der Waals surface area contributed by atoms with Crippen molar-refractivity contribution in [3.05, 3.63) is 11.5 Å². The van der Waals surface area contributed by atoms with Gasteiger partial charge in [-0.05, 0) is 13.3 Å². The molecule has 0 aromatic rings. The molecule has 0 saturated carbocycles. The van der Waals surface area contributed by atoms with Gasteiger partial charge in [-0.1, -0.05) is 6.92 Å². The lowest BCUT2D eigenvalue weighted by Crippen LogP contribution is -2.30. The monoisotopic (exact) mass is 325 g/mol. The normalized spacial score (nSPS) is 18.1. The molecule has 0 aliphatic heterocycles. The van der Waals surface area contributed by atoms with Gasteiger partial charge in [-0.15, -0.1) is 0 Å². The van der Waals surface area contributed by atoms with E-state index < -0.39 is 20.0 Å². The summed E-state index contributed by atoms with van der Waals surface area (Å²) in [6, 6.07) is 0. The zero-order chi connectivity index (χ0) is 15.9. The van der Waals surface area contributed by atoms with Crippen molar-refractivity contribution in [1.82, 2.24) is 5.32 Å². The number of aliphatic hydroxyl groups excluding tert-OH is 1. The van der Waals surface area contributed by atoms with Gasteiger partial charge in [0.05, 0.1) is 19.8 Å². The Morgan fingerprint density at radius 3 is 2.62 bits per heavy atom. The number of nitrogens with one attached hydrogen (secondary N) is 1. The Bertz CT molecular complexity index is 395. The number of aliphatic hydroxyl groups is 1. The molecule has 2 atom stereocenters. The summed E-state index contributed by atoms with van der Waals surface area (Å²) in [6.07, 6.45) is 0.751. The van der Waals surface area contributed by atoms with Crippen molar-refractivity contribution < 1.29 is 33.5 Å². The Morgan fingerprint density at radius 2 is 2.10 bits per heavy atom. The first-order valence-electron chi connectivity index (χ1n) is 6.92. The molecule has 0 fully saturated rings. The lowest BCUT2D eigenvalue weighted by Gasteiger charge is -2.25. The SMILES string of the molecule is CCOC1=C(NCCOC(O)[C@H](C)COP(=O)(O)O)CC1. The van der Waals surface area contributed by atoms with Gasteiger partial charge in [0.1, 0.15) is 5.76 Å². The maximum absolute atomic E-state index is 10.5. The first-order valence-corrected chi connectivity index (χ1v) is 8.45. The minimum absolute atomic E-state index is 0.268. The van der Waals surface area contributed by atoms with Crippen LogP contribution in [0.5, 0.6) is 0 Å². The summed E-state index contributed by atoms with van der Waals surface area (Å²) in [5, 5.41) is 12.8. The smallest absolute Gasteiger partial charge is 0.469 e. The lowest BCUT2D eigenvalue weighted by molar-refractivity contribution is -0.136. The van der Waals surface area contributed by atoms with Gasteiger partial charge in [-0.25, -0.2) is 4.57 Å². The molecule has 1 unspecified atom stereocenters. The largest absolute Gasteiger partial charge is 0.496 e. The highest BCUT2D eigenvalue weighted by molar-refractivity contribution is 7.46. The van der Waals surface area contributed by atoms with E-state index >= 15 is 0 Å². The van der Waals surface area contributed by atoms with Crippen molar-refractivity contribution in [2.75, 3.05) is 26.4 Å². The van der Waals surface area contributed by atoms with Crippen molar-refractivity contribution in [3.63, 3.8) is 0 Å². The van der Waals surface area contributed by atoms with E-state index in [1.165, 1.54) is 0 Å². The molecule has 0 spiro atoms. The quantitative estimate of drug-likeness (QED) is 0.249. The third-order valence-electron chi connectivity index (χ3n) is 2.98. The molecule has 1 aliphatic carbocycles. The minimum Gasteiger partial charge on any atom is -0.496 e. The Kier molecular flexibility index (Phi) is 7.65. The summed E-state index contributed by atoms with van der Waals surface area (Å²) >= 11 is 0. The van der Waals surface area contributed by atoms with Crippen LogP contribution >= 0.6 is 7.82 Å². The van der Waals surface area contributed by atoms with Crippen molar-refractivity contribution >= 4 is 7.82 Å². The van der Waals surface area contributed by atoms with E-state index in [0.717, 1.165) is 24.3 Å². The number of hydrogen-bond acceptors (Lipinski definition) is 6. The Balaban J connectivity index is 2.14. The van der Waals surface area contributed by atoms with Gasteiger partial charge < -0.3 is 29.7 Å². The maximum atomic E-state index is 10.5. The average Bonchev–Trinajstić information content (AvgIpc) is 2.39. The molecule has 0 aromatic carbocycles. The molecule has 8 nitrogen and oxygen atoms in total. The zero-order valence-electron chi connectivity index (χ0n) is 12.3. The Labute approximate surface area is 124 Å². The van der Waals surface area contributed by atoms with E-state index in [2.05, 4.69) is 9.84 Å². The molecule has 0 radical (unpaired) electrons. The van der Waals surface area contributed by atoms with Crippen LogP contribution in [0.1, 0.15) is 26.7 Å². The van der Waals surface area contributed by atoms with Crippen LogP contribution < -0.4 is 5.32 Å². The zero-order valence-corrected chi connectivity index (χ0v) is 13.2. The molecular weight excluding hydrogens is 301 g/mol. The third kappa shape index (κ3) is 7.26. The number of phosphoric acid groups is 1. The molecule has 0 bridgehead atoms. The molecule has 9 heteroatoms. The van der Waals surface area contributed by atoms with Crippen LogP contribution in [0.2, 0.25) is 0 Å². The maximum Gasteiger partial charge on any atom is 0.469 e. The van der Waals surface area contributed by atoms with Gasteiger partial charge >= 0.3 is 7.82 Å². The summed E-state index contributed by atoms with van der Waals surface area (Å²) in [6.45, 7) is 4.67. The van der Waals surface area contributed by atoms with Gasteiger partial charge in [0.25, 0.3) is 0 Å². The fourth-order valence-electron chi connectivity index (χ4n) is 1.72. The molecular formula is C12H24NO7P. The van der Waals surface area contributed by atoms with E-state index in [4.69, 9.17) is 19.3 Å². The lowest BCUT2D eigenvalue weighted by atomic mass is 10.0. The summed E-state index contributed by atoms with van der Waals surface area (Å²) in [5.74, 6) is 0.431. The minimum atomic E-state index is -4.51. The Hall–Kier alpha value is -0.630. The highest BCUT2D eigenvalue weighted by atomic mass is 31.2. The van der Waals surface area contributed by atoms with Gasteiger partial charge in [-0.2, -0.15) is 0 Å². The first kappa shape index (κ1) is 18.4. The Morgan fingerprint density at radius 1 is 1.38 bits per heavy atom. The number of phosphoric ester groups is 1. The molecule has 1 rings (SSSR count). The van der Waals surface area contributed by atoms with Gasteiger partial charge in [0, 0.05) is 24.6 Å². The van der Waals surface area contributed by atoms with E-state index in [0.29, 0.717) is 13.2 Å². The predicted octanol–water partition coefficient (Wildman–Crippen LogP) is 0.698. The van der Waals surface area contributed by atoms with Crippen LogP contribution in [-0.2, 0) is 18.6 Å². The topological polar surface area (TPSA) is 117 Å². The van der Waals surface area contributed by atoms with Crippen molar-refractivity contribution in [1.29, 1.82) is 0 Å². The molecule has 1 aliphatic rings. The molecule has 0 amide bonds.